The molecule has 0 spiro atoms. The van der Waals surface area contributed by atoms with Gasteiger partial charge in [0.05, 0.1) is 0 Å². The van der Waals surface area contributed by atoms with E-state index in [0.29, 0.717) is 0 Å². The van der Waals surface area contributed by atoms with Crippen LogP contribution >= 0.6 is 11.3 Å². The average molecular weight is 197 g/mol. The Morgan fingerprint density at radius 1 is 1.62 bits per heavy atom. The second-order valence-electron chi connectivity index (χ2n) is 2.63. The second-order valence-corrected chi connectivity index (χ2v) is 3.41. The van der Waals surface area contributed by atoms with Crippen molar-refractivity contribution in [3.8, 4) is 0 Å². The lowest BCUT2D eigenvalue weighted by molar-refractivity contribution is 0.836. The molecule has 0 unspecified atom stereocenters. The van der Waals surface area contributed by atoms with E-state index in [0.717, 1.165) is 18.9 Å². The van der Waals surface area contributed by atoms with Gasteiger partial charge in [-0.2, -0.15) is 11.3 Å². The van der Waals surface area contributed by atoms with Crippen LogP contribution in [0.15, 0.2) is 21.8 Å². The fourth-order valence-corrected chi connectivity index (χ4v) is 1.74. The van der Waals surface area contributed by atoms with Gasteiger partial charge in [0.2, 0.25) is 0 Å². The molecule has 1 heterocycles. The molecule has 0 atom stereocenters. The monoisotopic (exact) mass is 197 g/mol. The molecule has 2 N–H and O–H groups in total. The van der Waals surface area contributed by atoms with Crippen molar-refractivity contribution in [2.24, 2.45) is 4.99 Å². The van der Waals surface area contributed by atoms with Crippen molar-refractivity contribution in [2.75, 3.05) is 20.6 Å². The molecule has 0 fully saturated rings. The third-order valence-electron chi connectivity index (χ3n) is 1.75. The molecule has 0 aliphatic rings. The summed E-state index contributed by atoms with van der Waals surface area (Å²) in [6, 6.07) is 2.15. The largest absolute Gasteiger partial charge is 0.359 e. The Morgan fingerprint density at radius 2 is 2.46 bits per heavy atom. The molecule has 0 aliphatic heterocycles. The minimum Gasteiger partial charge on any atom is -0.359 e. The first kappa shape index (κ1) is 10.1. The summed E-state index contributed by atoms with van der Waals surface area (Å²) in [7, 11) is 3.63. The van der Waals surface area contributed by atoms with Crippen molar-refractivity contribution < 1.29 is 0 Å². The lowest BCUT2D eigenvalue weighted by Gasteiger charge is -2.06. The minimum absolute atomic E-state index is 0.843. The smallest absolute Gasteiger partial charge is 0.190 e. The lowest BCUT2D eigenvalue weighted by atomic mass is 10.2. The summed E-state index contributed by atoms with van der Waals surface area (Å²) in [5.74, 6) is 0.843. The van der Waals surface area contributed by atoms with Crippen molar-refractivity contribution in [1.82, 2.24) is 10.6 Å². The summed E-state index contributed by atoms with van der Waals surface area (Å²) in [5, 5.41) is 10.4. The zero-order valence-electron chi connectivity index (χ0n) is 8.00. The van der Waals surface area contributed by atoms with Crippen LogP contribution in [0.5, 0.6) is 0 Å². The first-order valence-electron chi connectivity index (χ1n) is 4.26. The molecular formula is C9H15N3S. The Labute approximate surface area is 82.9 Å². The van der Waals surface area contributed by atoms with Crippen LogP contribution in [0.4, 0.5) is 0 Å². The molecular weight excluding hydrogens is 182 g/mol. The van der Waals surface area contributed by atoms with Gasteiger partial charge in [-0.25, -0.2) is 0 Å². The van der Waals surface area contributed by atoms with Gasteiger partial charge in [-0.3, -0.25) is 4.99 Å². The number of guanidine groups is 1. The molecule has 13 heavy (non-hydrogen) atoms. The van der Waals surface area contributed by atoms with E-state index in [9.17, 15) is 0 Å². The maximum absolute atomic E-state index is 4.02. The van der Waals surface area contributed by atoms with Gasteiger partial charge in [0, 0.05) is 20.6 Å². The van der Waals surface area contributed by atoms with Crippen LogP contribution in [0.1, 0.15) is 5.56 Å². The first-order valence-corrected chi connectivity index (χ1v) is 5.20. The number of hydrogen-bond acceptors (Lipinski definition) is 2. The normalized spacial score (nSPS) is 11.4. The van der Waals surface area contributed by atoms with Gasteiger partial charge in [0.25, 0.3) is 0 Å². The van der Waals surface area contributed by atoms with Gasteiger partial charge in [-0.05, 0) is 28.8 Å². The highest BCUT2D eigenvalue weighted by Crippen LogP contribution is 2.05. The third-order valence-corrected chi connectivity index (χ3v) is 2.48. The van der Waals surface area contributed by atoms with Crippen LogP contribution in [-0.4, -0.2) is 26.6 Å². The zero-order chi connectivity index (χ0) is 9.52. The molecule has 0 radical (unpaired) electrons. The predicted molar refractivity (Wildman–Crippen MR) is 58.4 cm³/mol. The SMILES string of the molecule is CN=C(NC)NCCc1ccsc1. The van der Waals surface area contributed by atoms with Crippen LogP contribution in [0.25, 0.3) is 0 Å². The Kier molecular flexibility index (Phi) is 4.32. The van der Waals surface area contributed by atoms with E-state index in [2.05, 4.69) is 32.5 Å². The fraction of sp³-hybridized carbons (Fsp3) is 0.444. The van der Waals surface area contributed by atoms with Crippen molar-refractivity contribution in [3.63, 3.8) is 0 Å². The van der Waals surface area contributed by atoms with Gasteiger partial charge < -0.3 is 10.6 Å². The molecule has 72 valence electrons. The van der Waals surface area contributed by atoms with Crippen LogP contribution in [0.3, 0.4) is 0 Å². The second kappa shape index (κ2) is 5.59. The third kappa shape index (κ3) is 3.46. The number of hydrogen-bond donors (Lipinski definition) is 2. The van der Waals surface area contributed by atoms with E-state index < -0.39 is 0 Å². The Morgan fingerprint density at radius 3 is 3.00 bits per heavy atom. The zero-order valence-corrected chi connectivity index (χ0v) is 8.82. The number of rotatable bonds is 3. The molecule has 1 aromatic rings. The van der Waals surface area contributed by atoms with Crippen molar-refractivity contribution in [3.05, 3.63) is 22.4 Å². The van der Waals surface area contributed by atoms with E-state index >= 15 is 0 Å². The first-order chi connectivity index (χ1) is 6.36. The quantitative estimate of drug-likeness (QED) is 0.562. The Hall–Kier alpha value is -1.03. The van der Waals surface area contributed by atoms with Crippen LogP contribution in [-0.2, 0) is 6.42 Å². The molecule has 0 amide bonds. The molecule has 0 saturated heterocycles. The summed E-state index contributed by atoms with van der Waals surface area (Å²) in [4.78, 5) is 4.02. The standard InChI is InChI=1S/C9H15N3S/c1-10-9(11-2)12-5-3-8-4-6-13-7-8/h4,6-7H,3,5H2,1-2H3,(H2,10,11,12). The number of thiophene rings is 1. The Bertz CT molecular complexity index is 254. The summed E-state index contributed by atoms with van der Waals surface area (Å²) >= 11 is 1.74. The fourth-order valence-electron chi connectivity index (χ4n) is 1.04. The minimum atomic E-state index is 0.843. The number of nitrogens with zero attached hydrogens (tertiary/aromatic N) is 1. The predicted octanol–water partition coefficient (Wildman–Crippen LogP) is 1.09. The summed E-state index contributed by atoms with van der Waals surface area (Å²) in [6.07, 6.45) is 1.05. The average Bonchev–Trinajstić information content (AvgIpc) is 2.65. The van der Waals surface area contributed by atoms with Gasteiger partial charge >= 0.3 is 0 Å². The highest BCUT2D eigenvalue weighted by Gasteiger charge is 1.94. The highest BCUT2D eigenvalue weighted by atomic mass is 32.1. The highest BCUT2D eigenvalue weighted by molar-refractivity contribution is 7.07. The molecule has 1 rings (SSSR count). The van der Waals surface area contributed by atoms with Gasteiger partial charge in [-0.1, -0.05) is 0 Å². The molecule has 0 bridgehead atoms. The number of aliphatic imine (C=N–C) groups is 1. The van der Waals surface area contributed by atoms with Gasteiger partial charge in [0.1, 0.15) is 0 Å². The Balaban J connectivity index is 2.21. The van der Waals surface area contributed by atoms with E-state index in [4.69, 9.17) is 0 Å². The topological polar surface area (TPSA) is 36.4 Å². The van der Waals surface area contributed by atoms with Gasteiger partial charge in [-0.15, -0.1) is 0 Å². The molecule has 0 aromatic carbocycles. The summed E-state index contributed by atoms with van der Waals surface area (Å²) < 4.78 is 0. The van der Waals surface area contributed by atoms with E-state index in [-0.39, 0.29) is 0 Å². The molecule has 0 aliphatic carbocycles. The van der Waals surface area contributed by atoms with Gasteiger partial charge in [0.15, 0.2) is 5.96 Å². The van der Waals surface area contributed by atoms with Crippen molar-refractivity contribution in [2.45, 2.75) is 6.42 Å². The molecule has 1 aromatic heterocycles. The van der Waals surface area contributed by atoms with E-state index in [1.54, 1.807) is 18.4 Å². The van der Waals surface area contributed by atoms with Crippen LogP contribution in [0, 0.1) is 0 Å². The van der Waals surface area contributed by atoms with E-state index in [1.165, 1.54) is 5.56 Å². The molecule has 0 saturated carbocycles. The van der Waals surface area contributed by atoms with E-state index in [1.807, 2.05) is 7.05 Å². The molecule has 3 nitrogen and oxygen atoms in total. The lowest BCUT2D eigenvalue weighted by Crippen LogP contribution is -2.35. The van der Waals surface area contributed by atoms with Crippen molar-refractivity contribution >= 4 is 17.3 Å². The summed E-state index contributed by atoms with van der Waals surface area (Å²) in [5.41, 5.74) is 1.38. The van der Waals surface area contributed by atoms with Crippen LogP contribution < -0.4 is 10.6 Å². The maximum Gasteiger partial charge on any atom is 0.190 e. The van der Waals surface area contributed by atoms with Crippen molar-refractivity contribution in [1.29, 1.82) is 0 Å². The van der Waals surface area contributed by atoms with Crippen LogP contribution in [0.2, 0.25) is 0 Å². The number of nitrogens with one attached hydrogen (secondary N) is 2. The maximum atomic E-state index is 4.02. The molecule has 4 heteroatoms. The summed E-state index contributed by atoms with van der Waals surface area (Å²) in [6.45, 7) is 0.921.